The predicted molar refractivity (Wildman–Crippen MR) is 156 cm³/mol. The number of amides is 1. The van der Waals surface area contributed by atoms with Crippen LogP contribution in [0.5, 0.6) is 0 Å². The van der Waals surface area contributed by atoms with E-state index in [1.54, 1.807) is 11.6 Å². The molecule has 0 saturated carbocycles. The average Bonchev–Trinajstić information content (AvgIpc) is 3.67. The second-order valence-corrected chi connectivity index (χ2v) is 10.0. The van der Waals surface area contributed by atoms with Crippen molar-refractivity contribution in [2.75, 3.05) is 18.4 Å². The van der Waals surface area contributed by atoms with Gasteiger partial charge in [-0.3, -0.25) is 28.3 Å². The number of anilines is 1. The molecule has 204 valence electrons. The van der Waals surface area contributed by atoms with Gasteiger partial charge in [-0.1, -0.05) is 36.4 Å². The Bertz CT molecular complexity index is 1890. The van der Waals surface area contributed by atoms with E-state index in [0.717, 1.165) is 32.3 Å². The Kier molecular flexibility index (Phi) is 6.54. The van der Waals surface area contributed by atoms with Crippen molar-refractivity contribution >= 4 is 45.8 Å². The van der Waals surface area contributed by atoms with Crippen molar-refractivity contribution in [2.45, 2.75) is 25.3 Å². The van der Waals surface area contributed by atoms with Crippen LogP contribution in [0.3, 0.4) is 0 Å². The molecule has 5 aromatic rings. The highest BCUT2D eigenvalue weighted by molar-refractivity contribution is 5.84. The van der Waals surface area contributed by atoms with Crippen LogP contribution in [-0.2, 0) is 31.9 Å². The van der Waals surface area contributed by atoms with E-state index < -0.39 is 11.2 Å². The zero-order valence-corrected chi connectivity index (χ0v) is 22.3. The number of carbonyl (C=O) groups is 1. The molecule has 3 N–H and O–H groups in total. The van der Waals surface area contributed by atoms with Crippen LogP contribution in [0.1, 0.15) is 23.5 Å². The van der Waals surface area contributed by atoms with Crippen molar-refractivity contribution in [1.29, 1.82) is 0 Å². The van der Waals surface area contributed by atoms with Crippen molar-refractivity contribution in [3.63, 3.8) is 0 Å². The summed E-state index contributed by atoms with van der Waals surface area (Å²) in [6.45, 7) is 0.854. The number of aliphatic imine (C=N–C) groups is 1. The average molecular weight is 539 g/mol. The summed E-state index contributed by atoms with van der Waals surface area (Å²) in [7, 11) is 2.99. The summed E-state index contributed by atoms with van der Waals surface area (Å²) in [6.07, 6.45) is 5.31. The number of fused-ring (bicyclic) bond motifs is 3. The number of benzene rings is 2. The van der Waals surface area contributed by atoms with Gasteiger partial charge in [-0.2, -0.15) is 4.98 Å². The van der Waals surface area contributed by atoms with Crippen molar-refractivity contribution < 1.29 is 4.79 Å². The zero-order valence-electron chi connectivity index (χ0n) is 22.3. The number of hydrogen-bond donors (Lipinski definition) is 3. The van der Waals surface area contributed by atoms with E-state index in [-0.39, 0.29) is 29.5 Å². The second-order valence-electron chi connectivity index (χ2n) is 10.0. The summed E-state index contributed by atoms with van der Waals surface area (Å²) in [5.41, 5.74) is 3.78. The topological polar surface area (TPSA) is 131 Å². The van der Waals surface area contributed by atoms with E-state index in [1.807, 2.05) is 48.8 Å². The van der Waals surface area contributed by atoms with Crippen LogP contribution in [0.15, 0.2) is 69.3 Å². The summed E-state index contributed by atoms with van der Waals surface area (Å²) in [6, 6.07) is 16.1. The van der Waals surface area contributed by atoms with Gasteiger partial charge in [0, 0.05) is 56.4 Å². The monoisotopic (exact) mass is 538 g/mol. The molecule has 2 aromatic carbocycles. The Labute approximate surface area is 229 Å². The van der Waals surface area contributed by atoms with E-state index in [1.165, 1.54) is 11.6 Å². The van der Waals surface area contributed by atoms with Crippen molar-refractivity contribution in [3.8, 4) is 0 Å². The molecule has 0 spiro atoms. The molecule has 6 rings (SSSR count). The molecular weight excluding hydrogens is 508 g/mol. The molecule has 3 aromatic heterocycles. The number of aromatic nitrogens is 5. The first-order chi connectivity index (χ1) is 19.4. The van der Waals surface area contributed by atoms with Crippen molar-refractivity contribution in [3.05, 3.63) is 86.7 Å². The van der Waals surface area contributed by atoms with Gasteiger partial charge >= 0.3 is 5.69 Å². The number of carbonyl (C=O) groups excluding carboxylic acids is 1. The second kappa shape index (κ2) is 10.3. The molecule has 0 aliphatic carbocycles. The van der Waals surface area contributed by atoms with Crippen molar-refractivity contribution in [1.82, 2.24) is 29.0 Å². The van der Waals surface area contributed by atoms with Gasteiger partial charge in [-0.15, -0.1) is 0 Å². The number of aryl methyl sites for hydroxylation is 1. The van der Waals surface area contributed by atoms with Crippen LogP contribution in [0.25, 0.3) is 22.1 Å². The van der Waals surface area contributed by atoms with Gasteiger partial charge in [0.1, 0.15) is 6.54 Å². The molecule has 1 unspecified atom stereocenters. The van der Waals surface area contributed by atoms with Gasteiger partial charge in [0.15, 0.2) is 11.2 Å². The van der Waals surface area contributed by atoms with Crippen LogP contribution in [-0.4, -0.2) is 48.9 Å². The maximum atomic E-state index is 13.1. The standard InChI is InChI=1S/C29H30N8O3/c1-35-26-25(27(39)36(2)29(35)40)37(17-24(38)30-13-11-18-15-32-22-9-5-3-7-20(18)22)28(34-26)31-14-12-19-16-33-23-10-6-4-8-21(19)23/h3-10,15-16,18,33H,11-14,17H2,1-2H3,(H,30,38)(H,31,34). The number of H-pyrrole nitrogens is 1. The van der Waals surface area contributed by atoms with Gasteiger partial charge in [0.2, 0.25) is 11.9 Å². The third-order valence-electron chi connectivity index (χ3n) is 7.51. The van der Waals surface area contributed by atoms with Gasteiger partial charge in [-0.05, 0) is 36.1 Å². The molecule has 4 heterocycles. The zero-order chi connectivity index (χ0) is 27.8. The minimum absolute atomic E-state index is 0.116. The van der Waals surface area contributed by atoms with Crippen LogP contribution in [0.4, 0.5) is 11.6 Å². The lowest BCUT2D eigenvalue weighted by Gasteiger charge is -2.13. The largest absolute Gasteiger partial charge is 0.361 e. The molecule has 0 fully saturated rings. The Morgan fingerprint density at radius 2 is 1.82 bits per heavy atom. The Balaban J connectivity index is 1.21. The van der Waals surface area contributed by atoms with Crippen LogP contribution < -0.4 is 21.9 Å². The molecule has 0 saturated heterocycles. The highest BCUT2D eigenvalue weighted by atomic mass is 16.2. The molecule has 1 aliphatic heterocycles. The number of aromatic amines is 1. The maximum absolute atomic E-state index is 13.1. The fourth-order valence-corrected chi connectivity index (χ4v) is 5.35. The summed E-state index contributed by atoms with van der Waals surface area (Å²) in [5.74, 6) is 0.257. The van der Waals surface area contributed by atoms with Gasteiger partial charge in [-0.25, -0.2) is 4.79 Å². The van der Waals surface area contributed by atoms with Crippen molar-refractivity contribution in [2.24, 2.45) is 19.1 Å². The molecule has 1 atom stereocenters. The Morgan fingerprint density at radius 1 is 1.02 bits per heavy atom. The summed E-state index contributed by atoms with van der Waals surface area (Å²) < 4.78 is 3.92. The lowest BCUT2D eigenvalue weighted by Crippen LogP contribution is -2.38. The number of rotatable bonds is 9. The fourth-order valence-electron chi connectivity index (χ4n) is 5.35. The van der Waals surface area contributed by atoms with E-state index in [9.17, 15) is 14.4 Å². The van der Waals surface area contributed by atoms with E-state index in [4.69, 9.17) is 0 Å². The van der Waals surface area contributed by atoms with Gasteiger partial charge in [0.25, 0.3) is 5.56 Å². The summed E-state index contributed by atoms with van der Waals surface area (Å²) in [4.78, 5) is 51.1. The van der Waals surface area contributed by atoms with Crippen LogP contribution in [0.2, 0.25) is 0 Å². The summed E-state index contributed by atoms with van der Waals surface area (Å²) >= 11 is 0. The lowest BCUT2D eigenvalue weighted by molar-refractivity contribution is -0.121. The minimum atomic E-state index is -0.498. The third kappa shape index (κ3) is 4.49. The molecular formula is C29H30N8O3. The molecule has 11 heteroatoms. The molecule has 40 heavy (non-hydrogen) atoms. The van der Waals surface area contributed by atoms with E-state index in [0.29, 0.717) is 31.9 Å². The Morgan fingerprint density at radius 3 is 2.70 bits per heavy atom. The quantitative estimate of drug-likeness (QED) is 0.266. The SMILES string of the molecule is Cn1c(=O)c2c(nc(NCCc3c[nH]c4ccccc34)n2CC(=O)NCCC2C=Nc3ccccc32)n(C)c1=O. The number of para-hydroxylation sites is 2. The first-order valence-corrected chi connectivity index (χ1v) is 13.3. The van der Waals surface area contributed by atoms with Gasteiger partial charge < -0.3 is 15.6 Å². The molecule has 1 amide bonds. The predicted octanol–water partition coefficient (Wildman–Crippen LogP) is 2.58. The highest BCUT2D eigenvalue weighted by Crippen LogP contribution is 2.33. The molecule has 1 aliphatic rings. The van der Waals surface area contributed by atoms with E-state index in [2.05, 4.69) is 37.7 Å². The van der Waals surface area contributed by atoms with Crippen LogP contribution in [0, 0.1) is 0 Å². The van der Waals surface area contributed by atoms with Crippen LogP contribution >= 0.6 is 0 Å². The smallest absolute Gasteiger partial charge is 0.332 e. The van der Waals surface area contributed by atoms with E-state index >= 15 is 0 Å². The highest BCUT2D eigenvalue weighted by Gasteiger charge is 2.22. The first kappa shape index (κ1) is 25.4. The summed E-state index contributed by atoms with van der Waals surface area (Å²) in [5, 5.41) is 7.41. The maximum Gasteiger partial charge on any atom is 0.332 e. The number of nitrogens with zero attached hydrogens (tertiary/aromatic N) is 5. The fraction of sp³-hybridized carbons (Fsp3) is 0.276. The normalized spacial score (nSPS) is 14.2. The number of hydrogen-bond acceptors (Lipinski definition) is 6. The molecule has 11 nitrogen and oxygen atoms in total. The minimum Gasteiger partial charge on any atom is -0.361 e. The Hall–Kier alpha value is -4.93. The lowest BCUT2D eigenvalue weighted by atomic mass is 9.98. The number of nitrogens with one attached hydrogen (secondary N) is 3. The first-order valence-electron chi connectivity index (χ1n) is 13.3. The number of imidazole rings is 1. The molecule has 0 bridgehead atoms. The molecule has 0 radical (unpaired) electrons. The van der Waals surface area contributed by atoms with Gasteiger partial charge in [0.05, 0.1) is 5.69 Å². The third-order valence-corrected chi connectivity index (χ3v) is 7.51.